The van der Waals surface area contributed by atoms with Crippen LogP contribution in [-0.2, 0) is 14.4 Å². The predicted octanol–water partition coefficient (Wildman–Crippen LogP) is 3.53. The van der Waals surface area contributed by atoms with E-state index in [2.05, 4.69) is 27.5 Å². The molecule has 1 aromatic carbocycles. The average molecular weight is 561 g/mol. The molecule has 1 aromatic heterocycles. The molecule has 9 heteroatoms. The van der Waals surface area contributed by atoms with Crippen LogP contribution in [-0.4, -0.2) is 65.6 Å². The number of carboxylic acids is 1. The molecule has 9 nitrogen and oxygen atoms in total. The predicted molar refractivity (Wildman–Crippen MR) is 155 cm³/mol. The molecule has 2 aliphatic rings. The lowest BCUT2D eigenvalue weighted by atomic mass is 9.92. The number of nitrogens with zero attached hydrogens (tertiary/aromatic N) is 2. The molecule has 3 N–H and O–H groups in total. The van der Waals surface area contributed by atoms with Crippen LogP contribution >= 0.6 is 0 Å². The van der Waals surface area contributed by atoms with E-state index in [4.69, 9.17) is 4.74 Å². The number of piperidine rings is 2. The molecular formula is C32H40N4O5. The van der Waals surface area contributed by atoms with Crippen LogP contribution in [0, 0.1) is 23.7 Å². The van der Waals surface area contributed by atoms with E-state index in [0.717, 1.165) is 50.1 Å². The number of nitrogens with one attached hydrogen (secondary N) is 2. The summed E-state index contributed by atoms with van der Waals surface area (Å²) < 4.78 is 5.53. The molecule has 2 atom stereocenters. The fourth-order valence-electron chi connectivity index (χ4n) is 5.48. The van der Waals surface area contributed by atoms with E-state index in [1.165, 1.54) is 0 Å². The number of hydrogen-bond acceptors (Lipinski definition) is 6. The molecular weight excluding hydrogens is 520 g/mol. The van der Waals surface area contributed by atoms with Gasteiger partial charge in [0.05, 0.1) is 25.0 Å². The Balaban J connectivity index is 1.39. The number of carbonyl (C=O) groups is 3. The molecule has 2 aliphatic heterocycles. The first kappa shape index (κ1) is 30.1. The molecule has 2 aromatic rings. The summed E-state index contributed by atoms with van der Waals surface area (Å²) in [6.07, 6.45) is 7.90. The minimum atomic E-state index is -1.03. The topological polar surface area (TPSA) is 121 Å². The van der Waals surface area contributed by atoms with E-state index in [1.807, 2.05) is 31.2 Å². The van der Waals surface area contributed by atoms with Crippen LogP contribution in [0.3, 0.4) is 0 Å². The molecule has 0 bridgehead atoms. The van der Waals surface area contributed by atoms with Crippen LogP contribution in [0.25, 0.3) is 0 Å². The highest BCUT2D eigenvalue weighted by Gasteiger charge is 2.30. The summed E-state index contributed by atoms with van der Waals surface area (Å²) in [6.45, 7) is 5.52. The normalized spacial score (nSPS) is 18.1. The number of likely N-dealkylation sites (tertiary alicyclic amines) is 1. The number of aliphatic carboxylic acids is 1. The summed E-state index contributed by atoms with van der Waals surface area (Å²) in [6, 6.07) is 8.47. The van der Waals surface area contributed by atoms with Crippen LogP contribution in [0.4, 0.5) is 0 Å². The van der Waals surface area contributed by atoms with Crippen molar-refractivity contribution in [3.63, 3.8) is 0 Å². The maximum atomic E-state index is 13.3. The van der Waals surface area contributed by atoms with E-state index in [9.17, 15) is 19.5 Å². The van der Waals surface area contributed by atoms with Crippen molar-refractivity contribution in [3.05, 3.63) is 59.4 Å². The molecule has 3 heterocycles. The zero-order valence-corrected chi connectivity index (χ0v) is 23.7. The van der Waals surface area contributed by atoms with Crippen molar-refractivity contribution >= 4 is 17.8 Å². The van der Waals surface area contributed by atoms with Gasteiger partial charge in [-0.2, -0.15) is 0 Å². The molecule has 0 radical (unpaired) electrons. The SMILES string of the molecule is CCOc1cccc(C#Cc2cncc([C@H](CC(=O)O)NC(=O)[C@@H]3CCCN(C(=O)CCC4CCNCC4)C3)c2)c1. The third-order valence-electron chi connectivity index (χ3n) is 7.72. The van der Waals surface area contributed by atoms with Gasteiger partial charge in [0, 0.05) is 43.0 Å². The van der Waals surface area contributed by atoms with Gasteiger partial charge in [0.1, 0.15) is 5.75 Å². The van der Waals surface area contributed by atoms with Crippen molar-refractivity contribution in [1.82, 2.24) is 20.5 Å². The fraction of sp³-hybridized carbons (Fsp3) is 0.500. The summed E-state index contributed by atoms with van der Waals surface area (Å²) in [5.74, 6) is 5.93. The van der Waals surface area contributed by atoms with Crippen molar-refractivity contribution in [3.8, 4) is 17.6 Å². The first-order chi connectivity index (χ1) is 19.9. The largest absolute Gasteiger partial charge is 0.494 e. The lowest BCUT2D eigenvalue weighted by molar-refractivity contribution is -0.138. The Morgan fingerprint density at radius 1 is 1.15 bits per heavy atom. The van der Waals surface area contributed by atoms with Gasteiger partial charge in [-0.3, -0.25) is 19.4 Å². The second-order valence-electron chi connectivity index (χ2n) is 10.8. The highest BCUT2D eigenvalue weighted by Crippen LogP contribution is 2.24. The van der Waals surface area contributed by atoms with Gasteiger partial charge < -0.3 is 25.4 Å². The third kappa shape index (κ3) is 9.32. The number of pyridine rings is 1. The molecule has 0 saturated carbocycles. The van der Waals surface area contributed by atoms with Gasteiger partial charge in [0.2, 0.25) is 11.8 Å². The summed E-state index contributed by atoms with van der Waals surface area (Å²) in [5.41, 5.74) is 1.96. The Morgan fingerprint density at radius 2 is 1.95 bits per heavy atom. The van der Waals surface area contributed by atoms with Gasteiger partial charge in [-0.05, 0) is 87.9 Å². The Hall–Kier alpha value is -3.90. The van der Waals surface area contributed by atoms with Crippen molar-refractivity contribution in [1.29, 1.82) is 0 Å². The Morgan fingerprint density at radius 3 is 2.73 bits per heavy atom. The molecule has 0 aliphatic carbocycles. The van der Waals surface area contributed by atoms with E-state index < -0.39 is 12.0 Å². The minimum absolute atomic E-state index is 0.102. The zero-order chi connectivity index (χ0) is 29.0. The van der Waals surface area contributed by atoms with Gasteiger partial charge in [-0.15, -0.1) is 0 Å². The van der Waals surface area contributed by atoms with E-state index in [0.29, 0.717) is 49.6 Å². The number of benzene rings is 1. The summed E-state index contributed by atoms with van der Waals surface area (Å²) in [4.78, 5) is 44.0. The van der Waals surface area contributed by atoms with Crippen LogP contribution in [0.1, 0.15) is 74.6 Å². The van der Waals surface area contributed by atoms with Crippen LogP contribution < -0.4 is 15.4 Å². The molecule has 41 heavy (non-hydrogen) atoms. The van der Waals surface area contributed by atoms with Gasteiger partial charge in [0.15, 0.2) is 0 Å². The second kappa shape index (κ2) is 15.2. The molecule has 2 saturated heterocycles. The van der Waals surface area contributed by atoms with Gasteiger partial charge in [-0.25, -0.2) is 0 Å². The average Bonchev–Trinajstić information content (AvgIpc) is 2.99. The standard InChI is InChI=1S/C32H40N4O5/c1-2-41-28-7-3-5-24(18-28)8-9-25-17-27(21-34-20-25)29(19-31(38)39)35-32(40)26-6-4-16-36(22-26)30(37)11-10-23-12-14-33-15-13-23/h3,5,7,17-18,20-21,23,26,29,33H,2,4,6,10-16,19,22H2,1H3,(H,35,40)(H,38,39)/t26-,29+/m1/s1. The smallest absolute Gasteiger partial charge is 0.305 e. The number of carbonyl (C=O) groups excluding carboxylic acids is 2. The number of hydrogen-bond donors (Lipinski definition) is 3. The lowest BCUT2D eigenvalue weighted by Gasteiger charge is -2.33. The number of rotatable bonds is 10. The first-order valence-corrected chi connectivity index (χ1v) is 14.6. The van der Waals surface area contributed by atoms with Crippen LogP contribution in [0.2, 0.25) is 0 Å². The quantitative estimate of drug-likeness (QED) is 0.380. The summed E-state index contributed by atoms with van der Waals surface area (Å²) >= 11 is 0. The third-order valence-corrected chi connectivity index (χ3v) is 7.72. The van der Waals surface area contributed by atoms with Crippen LogP contribution in [0.15, 0.2) is 42.7 Å². The highest BCUT2D eigenvalue weighted by molar-refractivity contribution is 5.82. The van der Waals surface area contributed by atoms with Crippen molar-refractivity contribution in [2.45, 2.75) is 57.9 Å². The van der Waals surface area contributed by atoms with E-state index in [1.54, 1.807) is 23.4 Å². The van der Waals surface area contributed by atoms with Crippen molar-refractivity contribution < 1.29 is 24.2 Å². The molecule has 4 rings (SSSR count). The monoisotopic (exact) mass is 560 g/mol. The summed E-state index contributed by atoms with van der Waals surface area (Å²) in [5, 5.41) is 15.9. The van der Waals surface area contributed by atoms with E-state index in [-0.39, 0.29) is 24.2 Å². The molecule has 0 spiro atoms. The number of amides is 2. The van der Waals surface area contributed by atoms with Crippen molar-refractivity contribution in [2.24, 2.45) is 11.8 Å². The van der Waals surface area contributed by atoms with Gasteiger partial charge in [-0.1, -0.05) is 17.9 Å². The zero-order valence-electron chi connectivity index (χ0n) is 23.7. The Bertz CT molecular complexity index is 1260. The molecule has 218 valence electrons. The van der Waals surface area contributed by atoms with Gasteiger partial charge >= 0.3 is 5.97 Å². The summed E-state index contributed by atoms with van der Waals surface area (Å²) in [7, 11) is 0. The molecule has 2 amide bonds. The maximum absolute atomic E-state index is 13.3. The number of aromatic nitrogens is 1. The minimum Gasteiger partial charge on any atom is -0.494 e. The second-order valence-corrected chi connectivity index (χ2v) is 10.8. The van der Waals surface area contributed by atoms with Crippen molar-refractivity contribution in [2.75, 3.05) is 32.8 Å². The highest BCUT2D eigenvalue weighted by atomic mass is 16.5. The first-order valence-electron chi connectivity index (χ1n) is 14.6. The van der Waals surface area contributed by atoms with Crippen LogP contribution in [0.5, 0.6) is 5.75 Å². The lowest BCUT2D eigenvalue weighted by Crippen LogP contribution is -2.46. The fourth-order valence-corrected chi connectivity index (χ4v) is 5.48. The Labute approximate surface area is 242 Å². The number of ether oxygens (including phenoxy) is 1. The van der Waals surface area contributed by atoms with E-state index >= 15 is 0 Å². The molecule has 0 unspecified atom stereocenters. The Kier molecular flexibility index (Phi) is 11.1. The number of carboxylic acid groups (broad SMARTS) is 1. The maximum Gasteiger partial charge on any atom is 0.305 e. The molecule has 2 fully saturated rings. The van der Waals surface area contributed by atoms with Gasteiger partial charge in [0.25, 0.3) is 0 Å².